The lowest BCUT2D eigenvalue weighted by Crippen LogP contribution is -2.35. The number of para-hydroxylation sites is 1. The van der Waals surface area contributed by atoms with Crippen LogP contribution in [-0.2, 0) is 9.67 Å². The maximum atomic E-state index is 12.2. The quantitative estimate of drug-likeness (QED) is 0.888. The molecule has 0 unspecified atom stereocenters. The first kappa shape index (κ1) is 11.4. The number of thioether (sulfide) groups is 1. The second-order valence-corrected chi connectivity index (χ2v) is 5.58. The van der Waals surface area contributed by atoms with Crippen molar-refractivity contribution in [3.05, 3.63) is 60.2 Å². The second kappa shape index (κ2) is 4.18. The molecule has 0 saturated carbocycles. The normalized spacial score (nSPS) is 21.2. The molecule has 0 spiro atoms. The standard InChI is InChI=1S/C15H13NOS/c1-11(17)15(12-7-3-2-4-8-12)16-13-9-5-6-10-14(13)18-15/h2-10,16H,1H3/t15-/m1/s1. The van der Waals surface area contributed by atoms with E-state index in [1.54, 1.807) is 18.7 Å². The van der Waals surface area contributed by atoms with Crippen LogP contribution in [0.2, 0.25) is 0 Å². The minimum Gasteiger partial charge on any atom is -0.360 e. The van der Waals surface area contributed by atoms with Crippen molar-refractivity contribution in [1.82, 2.24) is 0 Å². The second-order valence-electron chi connectivity index (χ2n) is 4.33. The molecule has 1 N–H and O–H groups in total. The third-order valence-corrected chi connectivity index (χ3v) is 4.64. The summed E-state index contributed by atoms with van der Waals surface area (Å²) in [5.41, 5.74) is 2.03. The van der Waals surface area contributed by atoms with Gasteiger partial charge >= 0.3 is 0 Å². The molecule has 1 aliphatic rings. The molecule has 1 heterocycles. The van der Waals surface area contributed by atoms with Crippen molar-refractivity contribution in [1.29, 1.82) is 0 Å². The van der Waals surface area contributed by atoms with Gasteiger partial charge < -0.3 is 5.32 Å². The Morgan fingerprint density at radius 1 is 1.06 bits per heavy atom. The van der Waals surface area contributed by atoms with E-state index < -0.39 is 4.87 Å². The molecule has 18 heavy (non-hydrogen) atoms. The van der Waals surface area contributed by atoms with E-state index in [9.17, 15) is 4.79 Å². The van der Waals surface area contributed by atoms with Gasteiger partial charge in [0.2, 0.25) is 0 Å². The number of fused-ring (bicyclic) bond motifs is 1. The predicted molar refractivity (Wildman–Crippen MR) is 74.7 cm³/mol. The summed E-state index contributed by atoms with van der Waals surface area (Å²) in [6.45, 7) is 1.64. The number of benzene rings is 2. The largest absolute Gasteiger partial charge is 0.360 e. The third kappa shape index (κ3) is 1.63. The molecule has 2 nitrogen and oxygen atoms in total. The maximum Gasteiger partial charge on any atom is 0.173 e. The lowest BCUT2D eigenvalue weighted by atomic mass is 10.0. The van der Waals surface area contributed by atoms with E-state index in [1.165, 1.54) is 0 Å². The molecule has 0 amide bonds. The fourth-order valence-electron chi connectivity index (χ4n) is 2.21. The van der Waals surface area contributed by atoms with Crippen LogP contribution >= 0.6 is 11.8 Å². The highest BCUT2D eigenvalue weighted by Crippen LogP contribution is 2.51. The number of anilines is 1. The molecule has 1 aliphatic heterocycles. The first-order chi connectivity index (χ1) is 8.72. The molecule has 0 saturated heterocycles. The molecule has 0 aromatic heterocycles. The summed E-state index contributed by atoms with van der Waals surface area (Å²) in [5.74, 6) is 0.120. The number of carbonyl (C=O) groups excluding carboxylic acids is 1. The van der Waals surface area contributed by atoms with Crippen molar-refractivity contribution in [2.75, 3.05) is 5.32 Å². The monoisotopic (exact) mass is 255 g/mol. The Bertz CT molecular complexity index is 569. The molecule has 3 rings (SSSR count). The minimum atomic E-state index is -0.676. The van der Waals surface area contributed by atoms with Crippen LogP contribution in [0.4, 0.5) is 5.69 Å². The van der Waals surface area contributed by atoms with Crippen molar-refractivity contribution in [2.24, 2.45) is 0 Å². The Labute approximate surface area is 110 Å². The Morgan fingerprint density at radius 3 is 2.39 bits per heavy atom. The fraction of sp³-hybridized carbons (Fsp3) is 0.133. The van der Waals surface area contributed by atoms with Crippen molar-refractivity contribution in [3.8, 4) is 0 Å². The van der Waals surface area contributed by atoms with Crippen molar-refractivity contribution >= 4 is 23.2 Å². The molecule has 2 aromatic rings. The average molecular weight is 255 g/mol. The van der Waals surface area contributed by atoms with Gasteiger partial charge in [-0.1, -0.05) is 54.2 Å². The fourth-order valence-corrected chi connectivity index (χ4v) is 3.47. The zero-order chi connectivity index (χ0) is 12.6. The highest BCUT2D eigenvalue weighted by molar-refractivity contribution is 8.01. The van der Waals surface area contributed by atoms with Gasteiger partial charge in [-0.2, -0.15) is 0 Å². The molecule has 2 aromatic carbocycles. The minimum absolute atomic E-state index is 0.120. The van der Waals surface area contributed by atoms with Crippen LogP contribution in [0.1, 0.15) is 12.5 Å². The van der Waals surface area contributed by atoms with E-state index in [4.69, 9.17) is 0 Å². The molecule has 0 radical (unpaired) electrons. The lowest BCUT2D eigenvalue weighted by Gasteiger charge is -2.26. The number of nitrogens with one attached hydrogen (secondary N) is 1. The third-order valence-electron chi connectivity index (χ3n) is 3.14. The molecule has 1 atom stereocenters. The highest BCUT2D eigenvalue weighted by atomic mass is 32.2. The maximum absolute atomic E-state index is 12.2. The van der Waals surface area contributed by atoms with Crippen molar-refractivity contribution in [2.45, 2.75) is 16.7 Å². The average Bonchev–Trinajstić information content (AvgIpc) is 2.80. The molecule has 3 heteroatoms. The van der Waals surface area contributed by atoms with E-state index in [0.29, 0.717) is 0 Å². The van der Waals surface area contributed by atoms with Gasteiger partial charge in [0.15, 0.2) is 10.7 Å². The number of rotatable bonds is 2. The molecule has 0 fully saturated rings. The van der Waals surface area contributed by atoms with Gasteiger partial charge in [-0.25, -0.2) is 0 Å². The Hall–Kier alpha value is -1.74. The SMILES string of the molecule is CC(=O)[C@@]1(c2ccccc2)Nc2ccccc2S1. The first-order valence-electron chi connectivity index (χ1n) is 5.85. The zero-order valence-corrected chi connectivity index (χ0v) is 10.8. The summed E-state index contributed by atoms with van der Waals surface area (Å²) in [6.07, 6.45) is 0. The van der Waals surface area contributed by atoms with Gasteiger partial charge in [-0.3, -0.25) is 4.79 Å². The molecular weight excluding hydrogens is 242 g/mol. The summed E-state index contributed by atoms with van der Waals surface area (Å²) in [7, 11) is 0. The van der Waals surface area contributed by atoms with Gasteiger partial charge in [-0.15, -0.1) is 0 Å². The molecular formula is C15H13NOS. The van der Waals surface area contributed by atoms with Gasteiger partial charge in [-0.05, 0) is 24.6 Å². The Balaban J connectivity index is 2.11. The highest BCUT2D eigenvalue weighted by Gasteiger charge is 2.43. The van der Waals surface area contributed by atoms with Crippen LogP contribution < -0.4 is 5.32 Å². The summed E-state index contributed by atoms with van der Waals surface area (Å²) < 4.78 is 0. The Morgan fingerprint density at radius 2 is 1.72 bits per heavy atom. The first-order valence-corrected chi connectivity index (χ1v) is 6.67. The zero-order valence-electron chi connectivity index (χ0n) is 10.0. The van der Waals surface area contributed by atoms with Gasteiger partial charge in [0.05, 0.1) is 0 Å². The van der Waals surface area contributed by atoms with E-state index in [1.807, 2.05) is 54.6 Å². The number of ketones is 1. The number of hydrogen-bond donors (Lipinski definition) is 1. The van der Waals surface area contributed by atoms with Crippen LogP contribution in [0.25, 0.3) is 0 Å². The van der Waals surface area contributed by atoms with Crippen LogP contribution in [0.15, 0.2) is 59.5 Å². The van der Waals surface area contributed by atoms with Crippen LogP contribution in [0, 0.1) is 0 Å². The van der Waals surface area contributed by atoms with Crippen molar-refractivity contribution in [3.63, 3.8) is 0 Å². The smallest absolute Gasteiger partial charge is 0.173 e. The van der Waals surface area contributed by atoms with E-state index in [0.717, 1.165) is 16.1 Å². The van der Waals surface area contributed by atoms with Gasteiger partial charge in [0.1, 0.15) is 0 Å². The summed E-state index contributed by atoms with van der Waals surface area (Å²) in [5, 5.41) is 3.38. The summed E-state index contributed by atoms with van der Waals surface area (Å²) >= 11 is 1.58. The summed E-state index contributed by atoms with van der Waals surface area (Å²) in [4.78, 5) is 12.6. The number of Topliss-reactive ketones (excluding diaryl/α,β-unsaturated/α-hetero) is 1. The molecule has 0 aliphatic carbocycles. The van der Waals surface area contributed by atoms with E-state index >= 15 is 0 Å². The molecule has 90 valence electrons. The predicted octanol–water partition coefficient (Wildman–Crippen LogP) is 3.65. The van der Waals surface area contributed by atoms with E-state index in [2.05, 4.69) is 5.32 Å². The molecule has 0 bridgehead atoms. The number of carbonyl (C=O) groups is 1. The number of hydrogen-bond acceptors (Lipinski definition) is 3. The van der Waals surface area contributed by atoms with E-state index in [-0.39, 0.29) is 5.78 Å². The summed E-state index contributed by atoms with van der Waals surface area (Å²) in [6, 6.07) is 17.9. The lowest BCUT2D eigenvalue weighted by molar-refractivity contribution is -0.118. The van der Waals surface area contributed by atoms with Crippen LogP contribution in [0.5, 0.6) is 0 Å². The van der Waals surface area contributed by atoms with Crippen LogP contribution in [0.3, 0.4) is 0 Å². The van der Waals surface area contributed by atoms with Gasteiger partial charge in [0, 0.05) is 10.6 Å². The Kier molecular flexibility index (Phi) is 2.63. The van der Waals surface area contributed by atoms with Gasteiger partial charge in [0.25, 0.3) is 0 Å². The van der Waals surface area contributed by atoms with Crippen molar-refractivity contribution < 1.29 is 4.79 Å². The van der Waals surface area contributed by atoms with Crippen LogP contribution in [-0.4, -0.2) is 5.78 Å². The topological polar surface area (TPSA) is 29.1 Å².